The van der Waals surface area contributed by atoms with E-state index in [2.05, 4.69) is 61.6 Å². The lowest BCUT2D eigenvalue weighted by Gasteiger charge is -2.32. The molecule has 3 aliphatic rings. The van der Waals surface area contributed by atoms with E-state index < -0.39 is 0 Å². The number of ether oxygens (including phenoxy) is 1. The Morgan fingerprint density at radius 3 is 2.72 bits per heavy atom. The molecule has 186 valence electrons. The van der Waals surface area contributed by atoms with Gasteiger partial charge in [0.2, 0.25) is 11.8 Å². The molecule has 36 heavy (non-hydrogen) atoms. The van der Waals surface area contributed by atoms with Gasteiger partial charge >= 0.3 is 0 Å². The van der Waals surface area contributed by atoms with E-state index in [0.29, 0.717) is 25.0 Å². The van der Waals surface area contributed by atoms with Crippen molar-refractivity contribution in [3.8, 4) is 5.88 Å². The number of anilines is 5. The highest BCUT2D eigenvalue weighted by atomic mass is 16.5. The highest BCUT2D eigenvalue weighted by molar-refractivity contribution is 5.70. The van der Waals surface area contributed by atoms with Crippen LogP contribution in [0.15, 0.2) is 36.7 Å². The smallest absolute Gasteiger partial charge is 0.237 e. The zero-order valence-electron chi connectivity index (χ0n) is 20.5. The van der Waals surface area contributed by atoms with Crippen LogP contribution in [0.1, 0.15) is 29.7 Å². The van der Waals surface area contributed by atoms with Crippen molar-refractivity contribution < 1.29 is 9.53 Å². The molecule has 0 amide bonds. The number of piperidine rings is 1. The van der Waals surface area contributed by atoms with Crippen molar-refractivity contribution >= 4 is 35.0 Å². The summed E-state index contributed by atoms with van der Waals surface area (Å²) in [5, 5.41) is 6.79. The zero-order valence-corrected chi connectivity index (χ0v) is 20.5. The normalized spacial score (nSPS) is 17.5. The van der Waals surface area contributed by atoms with Crippen molar-refractivity contribution in [3.05, 3.63) is 53.5 Å². The fraction of sp³-hybridized carbons (Fsp3) is 0.407. The summed E-state index contributed by atoms with van der Waals surface area (Å²) in [6.07, 6.45) is 7.70. The Morgan fingerprint density at radius 2 is 1.92 bits per heavy atom. The fourth-order valence-electron chi connectivity index (χ4n) is 5.28. The van der Waals surface area contributed by atoms with Crippen LogP contribution in [0, 0.1) is 12.8 Å². The van der Waals surface area contributed by atoms with Gasteiger partial charge in [-0.05, 0) is 56.0 Å². The monoisotopic (exact) mass is 485 g/mol. The van der Waals surface area contributed by atoms with Crippen LogP contribution in [0.4, 0.5) is 28.7 Å². The number of rotatable bonds is 5. The van der Waals surface area contributed by atoms with Crippen LogP contribution in [-0.4, -0.2) is 54.0 Å². The molecule has 0 saturated carbocycles. The van der Waals surface area contributed by atoms with Gasteiger partial charge in [-0.2, -0.15) is 0 Å². The Kier molecular flexibility index (Phi) is 6.04. The van der Waals surface area contributed by atoms with Gasteiger partial charge in [0.05, 0.1) is 24.1 Å². The van der Waals surface area contributed by atoms with E-state index in [1.54, 1.807) is 0 Å². The van der Waals surface area contributed by atoms with Crippen molar-refractivity contribution in [3.63, 3.8) is 0 Å². The molecule has 3 aromatic rings. The Balaban J connectivity index is 1.15. The second kappa shape index (κ2) is 9.64. The number of fused-ring (bicyclic) bond motifs is 2. The van der Waals surface area contributed by atoms with E-state index in [1.165, 1.54) is 11.3 Å². The maximum Gasteiger partial charge on any atom is 0.237 e. The summed E-state index contributed by atoms with van der Waals surface area (Å²) in [5.74, 6) is 1.49. The van der Waals surface area contributed by atoms with Crippen molar-refractivity contribution in [1.82, 2.24) is 15.0 Å². The molecule has 0 atom stereocenters. The number of pyridine rings is 1. The lowest BCUT2D eigenvalue weighted by atomic mass is 9.98. The van der Waals surface area contributed by atoms with Gasteiger partial charge in [0.15, 0.2) is 0 Å². The minimum Gasteiger partial charge on any atom is -0.474 e. The molecule has 1 saturated heterocycles. The average Bonchev–Trinajstić information content (AvgIpc) is 2.93. The van der Waals surface area contributed by atoms with Crippen molar-refractivity contribution in [1.29, 1.82) is 0 Å². The molecule has 0 bridgehead atoms. The first kappa shape index (κ1) is 22.6. The molecular formula is C27H31N7O2. The van der Waals surface area contributed by atoms with E-state index in [1.807, 2.05) is 12.4 Å². The molecule has 1 aromatic carbocycles. The van der Waals surface area contributed by atoms with Crippen molar-refractivity contribution in [2.75, 3.05) is 53.2 Å². The molecule has 0 aliphatic carbocycles. The minimum atomic E-state index is 0.206. The summed E-state index contributed by atoms with van der Waals surface area (Å²) in [4.78, 5) is 29.7. The largest absolute Gasteiger partial charge is 0.474 e. The van der Waals surface area contributed by atoms with Gasteiger partial charge in [-0.25, -0.2) is 15.0 Å². The van der Waals surface area contributed by atoms with Crippen LogP contribution in [0.25, 0.3) is 0 Å². The summed E-state index contributed by atoms with van der Waals surface area (Å²) >= 11 is 0. The standard InChI is InChI=1S/C27H31N7O2/c1-18-24(15-29-26-25(18)28-9-13-36-26)34-12-8-20-14-30-27(32-23(20)16-34)31-21-2-4-22(5-3-21)33-10-6-19(17-35)7-11-33/h2-5,14-15,17,19,28H,6-13,16H2,1H3,(H,30,31,32). The molecule has 0 radical (unpaired) electrons. The van der Waals surface area contributed by atoms with Gasteiger partial charge in [-0.15, -0.1) is 0 Å². The quantitative estimate of drug-likeness (QED) is 0.525. The summed E-state index contributed by atoms with van der Waals surface area (Å²) < 4.78 is 5.69. The van der Waals surface area contributed by atoms with E-state index in [4.69, 9.17) is 9.72 Å². The molecule has 6 rings (SSSR count). The third-order valence-corrected chi connectivity index (χ3v) is 7.43. The van der Waals surface area contributed by atoms with E-state index >= 15 is 0 Å². The highest BCUT2D eigenvalue weighted by Gasteiger charge is 2.24. The van der Waals surface area contributed by atoms with Crippen LogP contribution in [-0.2, 0) is 17.8 Å². The second-order valence-electron chi connectivity index (χ2n) is 9.69. The van der Waals surface area contributed by atoms with Crippen LogP contribution in [0.3, 0.4) is 0 Å². The maximum atomic E-state index is 11.0. The van der Waals surface area contributed by atoms with Gasteiger partial charge < -0.3 is 30.0 Å². The van der Waals surface area contributed by atoms with Crippen molar-refractivity contribution in [2.24, 2.45) is 5.92 Å². The number of aromatic nitrogens is 3. The second-order valence-corrected chi connectivity index (χ2v) is 9.69. The molecule has 2 N–H and O–H groups in total. The number of benzene rings is 1. The third kappa shape index (κ3) is 4.41. The molecule has 5 heterocycles. The summed E-state index contributed by atoms with van der Waals surface area (Å²) in [7, 11) is 0. The summed E-state index contributed by atoms with van der Waals surface area (Å²) in [5.41, 5.74) is 7.62. The van der Waals surface area contributed by atoms with Gasteiger partial charge in [0.1, 0.15) is 18.6 Å². The van der Waals surface area contributed by atoms with Gasteiger partial charge in [0.25, 0.3) is 0 Å². The molecule has 1 fully saturated rings. The van der Waals surface area contributed by atoms with Gasteiger partial charge in [-0.3, -0.25) is 0 Å². The molecule has 9 nitrogen and oxygen atoms in total. The minimum absolute atomic E-state index is 0.206. The topological polar surface area (TPSA) is 95.5 Å². The van der Waals surface area contributed by atoms with Crippen LogP contribution in [0.5, 0.6) is 5.88 Å². The van der Waals surface area contributed by atoms with Crippen molar-refractivity contribution in [2.45, 2.75) is 32.7 Å². The predicted molar refractivity (Wildman–Crippen MR) is 140 cm³/mol. The fourth-order valence-corrected chi connectivity index (χ4v) is 5.28. The predicted octanol–water partition coefficient (Wildman–Crippen LogP) is 3.71. The number of hydrogen-bond acceptors (Lipinski definition) is 9. The number of hydrogen-bond donors (Lipinski definition) is 2. The molecular weight excluding hydrogens is 454 g/mol. The summed E-state index contributed by atoms with van der Waals surface area (Å²) in [6.45, 7) is 7.01. The summed E-state index contributed by atoms with van der Waals surface area (Å²) in [6, 6.07) is 8.36. The number of carbonyl (C=O) groups excluding carboxylic acids is 1. The molecule has 2 aromatic heterocycles. The molecule has 3 aliphatic heterocycles. The highest BCUT2D eigenvalue weighted by Crippen LogP contribution is 2.36. The molecule has 0 spiro atoms. The van der Waals surface area contributed by atoms with E-state index in [0.717, 1.165) is 80.0 Å². The Bertz CT molecular complexity index is 1260. The lowest BCUT2D eigenvalue weighted by molar-refractivity contribution is -0.111. The lowest BCUT2D eigenvalue weighted by Crippen LogP contribution is -2.34. The Hall–Kier alpha value is -3.88. The third-order valence-electron chi connectivity index (χ3n) is 7.43. The number of nitrogens with one attached hydrogen (secondary N) is 2. The van der Waals surface area contributed by atoms with Crippen LogP contribution >= 0.6 is 0 Å². The Labute approximate surface area is 210 Å². The first-order valence-electron chi connectivity index (χ1n) is 12.7. The maximum absolute atomic E-state index is 11.0. The number of nitrogens with zero attached hydrogens (tertiary/aromatic N) is 5. The van der Waals surface area contributed by atoms with E-state index in [-0.39, 0.29) is 5.92 Å². The van der Waals surface area contributed by atoms with Crippen LogP contribution in [0.2, 0.25) is 0 Å². The Morgan fingerprint density at radius 1 is 1.08 bits per heavy atom. The first-order valence-corrected chi connectivity index (χ1v) is 12.7. The van der Waals surface area contributed by atoms with Gasteiger partial charge in [-0.1, -0.05) is 0 Å². The SMILES string of the molecule is Cc1c(N2CCc3cnc(Nc4ccc(N5CCC(C=O)CC5)cc4)nc3C2)cnc2c1NCCO2. The number of aldehydes is 1. The van der Waals surface area contributed by atoms with E-state index in [9.17, 15) is 4.79 Å². The van der Waals surface area contributed by atoms with Gasteiger partial charge in [0, 0.05) is 55.2 Å². The first-order chi connectivity index (χ1) is 17.7. The zero-order chi connectivity index (χ0) is 24.5. The number of carbonyl (C=O) groups is 1. The molecule has 9 heteroatoms. The average molecular weight is 486 g/mol. The molecule has 0 unspecified atom stereocenters. The van der Waals surface area contributed by atoms with Crippen LogP contribution < -0.4 is 25.2 Å².